The lowest BCUT2D eigenvalue weighted by molar-refractivity contribution is 0.289. The molecule has 0 bridgehead atoms. The van der Waals surface area contributed by atoms with Gasteiger partial charge in [0.1, 0.15) is 0 Å². The number of hydrogen-bond acceptors (Lipinski definition) is 2. The minimum absolute atomic E-state index is 0.337. The fraction of sp³-hybridized carbons (Fsp3) is 1.00. The van der Waals surface area contributed by atoms with Gasteiger partial charge in [-0.15, -0.1) is 0 Å². The zero-order valence-electron chi connectivity index (χ0n) is 8.98. The molecular weight excluding hydrogens is 184 g/mol. The Labute approximate surface area is 83.4 Å². The van der Waals surface area contributed by atoms with Gasteiger partial charge in [0.2, 0.25) is 0 Å². The monoisotopic (exact) mass is 206 g/mol. The quantitative estimate of drug-likeness (QED) is 0.422. The zero-order valence-corrected chi connectivity index (χ0v) is 10.9. The molecule has 0 heterocycles. The van der Waals surface area contributed by atoms with Gasteiger partial charge in [0, 0.05) is 6.61 Å². The summed E-state index contributed by atoms with van der Waals surface area (Å²) in [7, 11) is -1.48. The van der Waals surface area contributed by atoms with Crippen molar-refractivity contribution in [3.63, 3.8) is 0 Å². The van der Waals surface area contributed by atoms with Crippen molar-refractivity contribution in [2.75, 3.05) is 12.4 Å². The van der Waals surface area contributed by atoms with E-state index in [1.165, 1.54) is 0 Å². The summed E-state index contributed by atoms with van der Waals surface area (Å²) < 4.78 is 5.92. The van der Waals surface area contributed by atoms with Crippen LogP contribution in [0.5, 0.6) is 0 Å². The van der Waals surface area contributed by atoms with E-state index in [0.717, 1.165) is 18.8 Å². The van der Waals surface area contributed by atoms with Crippen LogP contribution in [0.1, 0.15) is 27.2 Å². The molecule has 0 aliphatic heterocycles. The van der Waals surface area contributed by atoms with E-state index in [-0.39, 0.29) is 0 Å². The van der Waals surface area contributed by atoms with Gasteiger partial charge in [-0.1, -0.05) is 20.8 Å². The third-order valence-corrected chi connectivity index (χ3v) is 7.43. The molecule has 0 aliphatic rings. The molecule has 0 unspecified atom stereocenters. The number of hydrogen-bond donors (Lipinski definition) is 1. The molecule has 0 atom stereocenters. The van der Waals surface area contributed by atoms with Crippen LogP contribution >= 0.6 is 12.6 Å². The van der Waals surface area contributed by atoms with Crippen molar-refractivity contribution in [2.24, 2.45) is 0 Å². The summed E-state index contributed by atoms with van der Waals surface area (Å²) in [5, 5.41) is 0.337. The first-order valence-electron chi connectivity index (χ1n) is 4.56. The van der Waals surface area contributed by atoms with E-state index in [1.54, 1.807) is 0 Å². The SMILES string of the molecule is CC(C)(C)[Si](C)(C)OCCCS. The van der Waals surface area contributed by atoms with Gasteiger partial charge in [-0.2, -0.15) is 12.6 Å². The molecule has 12 heavy (non-hydrogen) atoms. The van der Waals surface area contributed by atoms with Crippen molar-refractivity contribution in [1.82, 2.24) is 0 Å². The Bertz CT molecular complexity index is 129. The lowest BCUT2D eigenvalue weighted by Gasteiger charge is -2.36. The highest BCUT2D eigenvalue weighted by Gasteiger charge is 2.36. The topological polar surface area (TPSA) is 9.23 Å². The van der Waals surface area contributed by atoms with Gasteiger partial charge in [-0.25, -0.2) is 0 Å². The van der Waals surface area contributed by atoms with Crippen LogP contribution in [0, 0.1) is 0 Å². The molecule has 0 radical (unpaired) electrons. The van der Waals surface area contributed by atoms with E-state index in [4.69, 9.17) is 4.43 Å². The van der Waals surface area contributed by atoms with Gasteiger partial charge in [-0.3, -0.25) is 0 Å². The fourth-order valence-electron chi connectivity index (χ4n) is 0.608. The van der Waals surface area contributed by atoms with Gasteiger partial charge in [0.25, 0.3) is 0 Å². The Morgan fingerprint density at radius 3 is 2.08 bits per heavy atom. The average molecular weight is 206 g/mol. The standard InChI is InChI=1S/C9H22OSSi/c1-9(2,3)12(4,5)10-7-6-8-11/h11H,6-8H2,1-5H3. The van der Waals surface area contributed by atoms with Gasteiger partial charge in [-0.05, 0) is 30.3 Å². The summed E-state index contributed by atoms with van der Waals surface area (Å²) in [6, 6.07) is 0. The summed E-state index contributed by atoms with van der Waals surface area (Å²) in [4.78, 5) is 0. The van der Waals surface area contributed by atoms with Crippen molar-refractivity contribution in [2.45, 2.75) is 45.3 Å². The minimum atomic E-state index is -1.48. The maximum atomic E-state index is 5.92. The Balaban J connectivity index is 3.88. The first-order chi connectivity index (χ1) is 5.31. The number of thiol groups is 1. The third kappa shape index (κ3) is 3.96. The van der Waals surface area contributed by atoms with Crippen molar-refractivity contribution >= 4 is 20.9 Å². The summed E-state index contributed by atoms with van der Waals surface area (Å²) in [5.41, 5.74) is 0. The maximum Gasteiger partial charge on any atom is 0.191 e. The molecule has 0 aromatic carbocycles. The molecule has 0 rings (SSSR count). The first kappa shape index (κ1) is 12.5. The predicted octanol–water partition coefficient (Wildman–Crippen LogP) is 3.33. The summed E-state index contributed by atoms with van der Waals surface area (Å²) in [5.74, 6) is 0.925. The van der Waals surface area contributed by atoms with Gasteiger partial charge < -0.3 is 4.43 Å². The highest BCUT2D eigenvalue weighted by atomic mass is 32.1. The molecule has 0 saturated carbocycles. The van der Waals surface area contributed by atoms with Gasteiger partial charge in [0.15, 0.2) is 8.32 Å². The van der Waals surface area contributed by atoms with E-state index in [1.807, 2.05) is 0 Å². The lowest BCUT2D eigenvalue weighted by Crippen LogP contribution is -2.41. The van der Waals surface area contributed by atoms with E-state index < -0.39 is 8.32 Å². The normalized spacial score (nSPS) is 13.5. The molecule has 0 aliphatic carbocycles. The minimum Gasteiger partial charge on any atom is -0.417 e. The van der Waals surface area contributed by atoms with Crippen molar-refractivity contribution in [3.05, 3.63) is 0 Å². The summed E-state index contributed by atoms with van der Waals surface area (Å²) in [6.07, 6.45) is 1.07. The molecule has 74 valence electrons. The molecule has 0 N–H and O–H groups in total. The van der Waals surface area contributed by atoms with Crippen LogP contribution in [0.4, 0.5) is 0 Å². The fourth-order valence-corrected chi connectivity index (χ4v) is 1.83. The van der Waals surface area contributed by atoms with Crippen LogP contribution < -0.4 is 0 Å². The second-order valence-electron chi connectivity index (χ2n) is 4.69. The smallest absolute Gasteiger partial charge is 0.191 e. The van der Waals surface area contributed by atoms with Crippen LogP contribution in [-0.2, 0) is 4.43 Å². The third-order valence-electron chi connectivity index (χ3n) is 2.57. The maximum absolute atomic E-state index is 5.92. The zero-order chi connectivity index (χ0) is 9.83. The summed E-state index contributed by atoms with van der Waals surface area (Å²) >= 11 is 4.16. The van der Waals surface area contributed by atoms with E-state index >= 15 is 0 Å². The van der Waals surface area contributed by atoms with E-state index in [0.29, 0.717) is 5.04 Å². The van der Waals surface area contributed by atoms with Gasteiger partial charge >= 0.3 is 0 Å². The molecule has 0 spiro atoms. The highest BCUT2D eigenvalue weighted by molar-refractivity contribution is 7.80. The highest BCUT2D eigenvalue weighted by Crippen LogP contribution is 2.36. The van der Waals surface area contributed by atoms with Crippen LogP contribution in [-0.4, -0.2) is 20.7 Å². The molecule has 0 saturated heterocycles. The number of rotatable bonds is 4. The van der Waals surface area contributed by atoms with Crippen LogP contribution in [0.15, 0.2) is 0 Å². The van der Waals surface area contributed by atoms with Crippen LogP contribution in [0.2, 0.25) is 18.1 Å². The molecule has 0 amide bonds. The predicted molar refractivity (Wildman–Crippen MR) is 61.6 cm³/mol. The van der Waals surface area contributed by atoms with Crippen molar-refractivity contribution in [1.29, 1.82) is 0 Å². The largest absolute Gasteiger partial charge is 0.417 e. The van der Waals surface area contributed by atoms with Crippen molar-refractivity contribution in [3.8, 4) is 0 Å². The second-order valence-corrected chi connectivity index (χ2v) is 9.94. The lowest BCUT2D eigenvalue weighted by atomic mass is 10.2. The second kappa shape index (κ2) is 4.68. The molecule has 1 nitrogen and oxygen atoms in total. The Hall–Kier alpha value is 0.527. The van der Waals surface area contributed by atoms with Crippen LogP contribution in [0.25, 0.3) is 0 Å². The van der Waals surface area contributed by atoms with Crippen molar-refractivity contribution < 1.29 is 4.43 Å². The molecule has 0 aromatic rings. The molecule has 0 fully saturated rings. The van der Waals surface area contributed by atoms with Crippen LogP contribution in [0.3, 0.4) is 0 Å². The summed E-state index contributed by atoms with van der Waals surface area (Å²) in [6.45, 7) is 12.2. The van der Waals surface area contributed by atoms with Gasteiger partial charge in [0.05, 0.1) is 0 Å². The Morgan fingerprint density at radius 1 is 1.25 bits per heavy atom. The average Bonchev–Trinajstić information content (AvgIpc) is 1.85. The van der Waals surface area contributed by atoms with E-state index in [2.05, 4.69) is 46.5 Å². The first-order valence-corrected chi connectivity index (χ1v) is 8.10. The Morgan fingerprint density at radius 2 is 1.75 bits per heavy atom. The van der Waals surface area contributed by atoms with E-state index in [9.17, 15) is 0 Å². The Kier molecular flexibility index (Phi) is 4.88. The molecule has 0 aromatic heterocycles. The molecular formula is C9H22OSSi. The molecule has 3 heteroatoms.